The highest BCUT2D eigenvalue weighted by atomic mass is 16.5. The lowest BCUT2D eigenvalue weighted by Gasteiger charge is -2.21. The summed E-state index contributed by atoms with van der Waals surface area (Å²) in [6.45, 7) is 4.10. The first-order chi connectivity index (χ1) is 7.26. The number of nitrogens with zero attached hydrogens (tertiary/aromatic N) is 1. The average molecular weight is 212 g/mol. The summed E-state index contributed by atoms with van der Waals surface area (Å²) in [6, 6.07) is 2.38. The smallest absolute Gasteiger partial charge is 0.109 e. The molecule has 0 spiro atoms. The maximum Gasteiger partial charge on any atom is 0.109 e. The van der Waals surface area contributed by atoms with Crippen molar-refractivity contribution in [3.63, 3.8) is 0 Å². The molecule has 1 rings (SSSR count). The van der Waals surface area contributed by atoms with Gasteiger partial charge in [-0.3, -0.25) is 5.32 Å². The Morgan fingerprint density at radius 1 is 1.53 bits per heavy atom. The zero-order valence-electron chi connectivity index (χ0n) is 9.58. The molecule has 1 aliphatic rings. The van der Waals surface area contributed by atoms with Gasteiger partial charge in [-0.1, -0.05) is 6.92 Å². The third kappa shape index (κ3) is 3.45. The largest absolute Gasteiger partial charge is 0.382 e. The third-order valence-electron chi connectivity index (χ3n) is 2.84. The normalized spacial score (nSPS) is 30.3. The fraction of sp³-hybridized carbons (Fsp3) is 0.909. The summed E-state index contributed by atoms with van der Waals surface area (Å²) in [7, 11) is 1.66. The predicted octanol–water partition coefficient (Wildman–Crippen LogP) is 1.07. The van der Waals surface area contributed by atoms with E-state index in [1.165, 1.54) is 0 Å². The van der Waals surface area contributed by atoms with Crippen LogP contribution >= 0.6 is 0 Å². The van der Waals surface area contributed by atoms with E-state index in [1.54, 1.807) is 7.11 Å². The summed E-state index contributed by atoms with van der Waals surface area (Å²) in [6.07, 6.45) is 2.85. The van der Waals surface area contributed by atoms with Crippen LogP contribution in [0.1, 0.15) is 26.2 Å². The highest BCUT2D eigenvalue weighted by Gasteiger charge is 2.39. The minimum absolute atomic E-state index is 0.207. The number of rotatable bonds is 6. The summed E-state index contributed by atoms with van der Waals surface area (Å²) >= 11 is 0. The van der Waals surface area contributed by atoms with Gasteiger partial charge in [0.1, 0.15) is 5.54 Å². The van der Waals surface area contributed by atoms with E-state index in [1.807, 2.05) is 6.92 Å². The first kappa shape index (κ1) is 12.4. The monoisotopic (exact) mass is 212 g/mol. The molecule has 0 aromatic carbocycles. The molecule has 0 aromatic heterocycles. The molecule has 1 fully saturated rings. The van der Waals surface area contributed by atoms with Crippen molar-refractivity contribution in [1.82, 2.24) is 5.32 Å². The van der Waals surface area contributed by atoms with Gasteiger partial charge in [-0.25, -0.2) is 0 Å². The molecule has 15 heavy (non-hydrogen) atoms. The van der Waals surface area contributed by atoms with Crippen LogP contribution in [0, 0.1) is 11.3 Å². The third-order valence-corrected chi connectivity index (χ3v) is 2.84. The molecule has 4 nitrogen and oxygen atoms in total. The topological polar surface area (TPSA) is 54.3 Å². The summed E-state index contributed by atoms with van der Waals surface area (Å²) in [5.41, 5.74) is -0.355. The number of nitriles is 1. The number of methoxy groups -OCH3 is 1. The molecular weight excluding hydrogens is 192 g/mol. The van der Waals surface area contributed by atoms with Crippen LogP contribution < -0.4 is 5.32 Å². The molecule has 0 bridgehead atoms. The van der Waals surface area contributed by atoms with Gasteiger partial charge in [-0.2, -0.15) is 5.26 Å². The van der Waals surface area contributed by atoms with Crippen molar-refractivity contribution in [2.45, 2.75) is 37.8 Å². The van der Waals surface area contributed by atoms with Crippen LogP contribution in [0.3, 0.4) is 0 Å². The number of nitrogens with one attached hydrogen (secondary N) is 1. The number of hydrogen-bond acceptors (Lipinski definition) is 4. The minimum Gasteiger partial charge on any atom is -0.382 e. The molecule has 0 aliphatic heterocycles. The van der Waals surface area contributed by atoms with E-state index in [4.69, 9.17) is 14.7 Å². The van der Waals surface area contributed by atoms with E-state index in [2.05, 4.69) is 11.4 Å². The predicted molar refractivity (Wildman–Crippen MR) is 57.5 cm³/mol. The quantitative estimate of drug-likeness (QED) is 0.669. The lowest BCUT2D eigenvalue weighted by molar-refractivity contribution is 0.0187. The second kappa shape index (κ2) is 6.06. The molecule has 1 aliphatic carbocycles. The van der Waals surface area contributed by atoms with Crippen LogP contribution in [0.4, 0.5) is 0 Å². The van der Waals surface area contributed by atoms with Crippen LogP contribution in [0.25, 0.3) is 0 Å². The Balaban J connectivity index is 2.33. The van der Waals surface area contributed by atoms with Crippen LogP contribution in [0.2, 0.25) is 0 Å². The fourth-order valence-electron chi connectivity index (χ4n) is 2.08. The van der Waals surface area contributed by atoms with Gasteiger partial charge in [0.15, 0.2) is 0 Å². The van der Waals surface area contributed by atoms with E-state index in [9.17, 15) is 0 Å². The van der Waals surface area contributed by atoms with Crippen molar-refractivity contribution < 1.29 is 9.47 Å². The van der Waals surface area contributed by atoms with E-state index in [-0.39, 0.29) is 11.6 Å². The van der Waals surface area contributed by atoms with E-state index in [0.29, 0.717) is 13.2 Å². The van der Waals surface area contributed by atoms with Gasteiger partial charge < -0.3 is 9.47 Å². The summed E-state index contributed by atoms with van der Waals surface area (Å²) < 4.78 is 10.6. The number of ether oxygens (including phenoxy) is 2. The molecule has 1 N–H and O–H groups in total. The molecule has 0 radical (unpaired) electrons. The maximum atomic E-state index is 9.14. The van der Waals surface area contributed by atoms with Gasteiger partial charge in [-0.15, -0.1) is 0 Å². The Hall–Kier alpha value is -0.630. The highest BCUT2D eigenvalue weighted by Crippen LogP contribution is 2.31. The standard InChI is InChI=1S/C11H20N2O2/c1-3-13-11(9-12)5-4-10(8-11)15-7-6-14-2/h10,13H,3-8H2,1-2H3. The van der Waals surface area contributed by atoms with Crippen molar-refractivity contribution in [1.29, 1.82) is 5.26 Å². The van der Waals surface area contributed by atoms with Crippen molar-refractivity contribution in [3.05, 3.63) is 0 Å². The maximum absolute atomic E-state index is 9.14. The van der Waals surface area contributed by atoms with Crippen molar-refractivity contribution in [3.8, 4) is 6.07 Å². The lowest BCUT2D eigenvalue weighted by Crippen LogP contribution is -2.41. The zero-order chi connectivity index (χ0) is 11.1. The zero-order valence-corrected chi connectivity index (χ0v) is 9.58. The Morgan fingerprint density at radius 2 is 2.33 bits per heavy atom. The van der Waals surface area contributed by atoms with Gasteiger partial charge in [0.25, 0.3) is 0 Å². The minimum atomic E-state index is -0.355. The Bertz CT molecular complexity index is 227. The van der Waals surface area contributed by atoms with Crippen LogP contribution in [0.5, 0.6) is 0 Å². The molecule has 4 heteroatoms. The van der Waals surface area contributed by atoms with E-state index < -0.39 is 0 Å². The van der Waals surface area contributed by atoms with Crippen LogP contribution in [-0.4, -0.2) is 38.5 Å². The molecule has 2 atom stereocenters. The van der Waals surface area contributed by atoms with Crippen LogP contribution in [-0.2, 0) is 9.47 Å². The molecule has 2 unspecified atom stereocenters. The molecule has 86 valence electrons. The molecule has 0 saturated heterocycles. The molecule has 1 saturated carbocycles. The first-order valence-electron chi connectivity index (χ1n) is 5.53. The van der Waals surface area contributed by atoms with Crippen molar-refractivity contribution in [2.75, 3.05) is 26.9 Å². The second-order valence-corrected chi connectivity index (χ2v) is 3.95. The first-order valence-corrected chi connectivity index (χ1v) is 5.53. The van der Waals surface area contributed by atoms with Gasteiger partial charge in [0.2, 0.25) is 0 Å². The van der Waals surface area contributed by atoms with Crippen LogP contribution in [0.15, 0.2) is 0 Å². The lowest BCUT2D eigenvalue weighted by atomic mass is 10.00. The Labute approximate surface area is 91.6 Å². The van der Waals surface area contributed by atoms with E-state index in [0.717, 1.165) is 25.8 Å². The molecule has 0 aromatic rings. The van der Waals surface area contributed by atoms with Gasteiger partial charge in [0.05, 0.1) is 25.4 Å². The summed E-state index contributed by atoms with van der Waals surface area (Å²) in [5, 5.41) is 12.4. The fourth-order valence-corrected chi connectivity index (χ4v) is 2.08. The molecule has 0 amide bonds. The highest BCUT2D eigenvalue weighted by molar-refractivity contribution is 5.12. The van der Waals surface area contributed by atoms with Crippen molar-refractivity contribution >= 4 is 0 Å². The Morgan fingerprint density at radius 3 is 2.93 bits per heavy atom. The van der Waals surface area contributed by atoms with Crippen molar-refractivity contribution in [2.24, 2.45) is 0 Å². The second-order valence-electron chi connectivity index (χ2n) is 3.95. The van der Waals surface area contributed by atoms with Gasteiger partial charge in [-0.05, 0) is 19.4 Å². The van der Waals surface area contributed by atoms with E-state index >= 15 is 0 Å². The van der Waals surface area contributed by atoms with Gasteiger partial charge >= 0.3 is 0 Å². The number of hydrogen-bond donors (Lipinski definition) is 1. The van der Waals surface area contributed by atoms with Gasteiger partial charge in [0, 0.05) is 13.5 Å². The SMILES string of the molecule is CCNC1(C#N)CCC(OCCOC)C1. The Kier molecular flexibility index (Phi) is 5.03. The summed E-state index contributed by atoms with van der Waals surface area (Å²) in [4.78, 5) is 0. The molecular formula is C11H20N2O2. The average Bonchev–Trinajstić information content (AvgIpc) is 2.64. The molecule has 0 heterocycles. The summed E-state index contributed by atoms with van der Waals surface area (Å²) in [5.74, 6) is 0.